The summed E-state index contributed by atoms with van der Waals surface area (Å²) in [6.07, 6.45) is 1.92. The summed E-state index contributed by atoms with van der Waals surface area (Å²) in [5, 5.41) is 10.9. The van der Waals surface area contributed by atoms with Gasteiger partial charge in [0.25, 0.3) is 0 Å². The molecule has 0 bridgehead atoms. The van der Waals surface area contributed by atoms with Crippen LogP contribution in [0.5, 0.6) is 0 Å². The number of rotatable bonds is 6. The molecule has 7 heteroatoms. The number of ether oxygens (including phenoxy) is 1. The van der Waals surface area contributed by atoms with Crippen molar-refractivity contribution >= 4 is 28.9 Å². The van der Waals surface area contributed by atoms with E-state index in [0.29, 0.717) is 12.5 Å². The van der Waals surface area contributed by atoms with Crippen LogP contribution in [0.1, 0.15) is 48.9 Å². The Balaban J connectivity index is 1.64. The van der Waals surface area contributed by atoms with Gasteiger partial charge in [-0.2, -0.15) is 0 Å². The van der Waals surface area contributed by atoms with Crippen LogP contribution in [0.4, 0.5) is 0 Å². The van der Waals surface area contributed by atoms with Gasteiger partial charge >= 0.3 is 0 Å². The number of hydrogen-bond acceptors (Lipinski definition) is 4. The third kappa shape index (κ3) is 5.25. The topological polar surface area (TPSA) is 58.5 Å². The van der Waals surface area contributed by atoms with Gasteiger partial charge in [-0.05, 0) is 36.5 Å². The molecule has 0 amide bonds. The van der Waals surface area contributed by atoms with Gasteiger partial charge < -0.3 is 15.4 Å². The lowest BCUT2D eigenvalue weighted by Crippen LogP contribution is -2.47. The quantitative estimate of drug-likeness (QED) is 0.539. The zero-order valence-corrected chi connectivity index (χ0v) is 18.4. The molecule has 0 saturated carbocycles. The lowest BCUT2D eigenvalue weighted by molar-refractivity contribution is 0.0514. The third-order valence-corrected chi connectivity index (χ3v) is 6.37. The van der Waals surface area contributed by atoms with Crippen molar-refractivity contribution in [3.63, 3.8) is 0 Å². The first kappa shape index (κ1) is 21.1. The van der Waals surface area contributed by atoms with Crippen molar-refractivity contribution in [3.8, 4) is 0 Å². The van der Waals surface area contributed by atoms with Crippen molar-refractivity contribution < 1.29 is 4.74 Å². The Morgan fingerprint density at radius 3 is 2.75 bits per heavy atom. The second-order valence-corrected chi connectivity index (χ2v) is 8.88. The smallest absolute Gasteiger partial charge is 0.191 e. The number of thiazole rings is 1. The fraction of sp³-hybridized carbons (Fsp3) is 0.524. The van der Waals surface area contributed by atoms with Gasteiger partial charge in [0.2, 0.25) is 0 Å². The first-order valence-corrected chi connectivity index (χ1v) is 11.0. The van der Waals surface area contributed by atoms with Gasteiger partial charge in [-0.15, -0.1) is 11.3 Å². The minimum Gasteiger partial charge on any atom is -0.381 e. The molecule has 0 aliphatic carbocycles. The Kier molecular flexibility index (Phi) is 7.32. The Bertz CT molecular complexity index is 799. The van der Waals surface area contributed by atoms with Crippen LogP contribution in [0.25, 0.3) is 0 Å². The molecule has 1 aliphatic heterocycles. The van der Waals surface area contributed by atoms with Crippen molar-refractivity contribution in [1.29, 1.82) is 0 Å². The lowest BCUT2D eigenvalue weighted by Gasteiger charge is -2.38. The molecule has 0 atom stereocenters. The van der Waals surface area contributed by atoms with Gasteiger partial charge in [0, 0.05) is 42.6 Å². The SMILES string of the molecule is CN=C(NCc1nc(C(C)C)cs1)NCC1(c2cccc(Cl)c2)CCOCC1. The van der Waals surface area contributed by atoms with E-state index in [0.717, 1.165) is 54.3 Å². The largest absolute Gasteiger partial charge is 0.381 e. The highest BCUT2D eigenvalue weighted by Crippen LogP contribution is 2.35. The van der Waals surface area contributed by atoms with Crippen molar-refractivity contribution in [2.24, 2.45) is 4.99 Å². The van der Waals surface area contributed by atoms with Gasteiger partial charge in [-0.25, -0.2) is 4.98 Å². The maximum absolute atomic E-state index is 6.26. The Labute approximate surface area is 176 Å². The predicted molar refractivity (Wildman–Crippen MR) is 118 cm³/mol. The molecule has 0 unspecified atom stereocenters. The molecular weight excluding hydrogens is 392 g/mol. The maximum Gasteiger partial charge on any atom is 0.191 e. The first-order valence-electron chi connectivity index (χ1n) is 9.75. The standard InChI is InChI=1S/C21H29ClN4OS/c1-15(2)18-13-28-19(26-18)12-24-20(23-3)25-14-21(7-9-27-10-8-21)16-5-4-6-17(22)11-16/h4-6,11,13,15H,7-10,12,14H2,1-3H3,(H2,23,24,25). The highest BCUT2D eigenvalue weighted by molar-refractivity contribution is 7.09. The van der Waals surface area contributed by atoms with Crippen LogP contribution in [0.2, 0.25) is 5.02 Å². The van der Waals surface area contributed by atoms with Gasteiger partial charge in [0.05, 0.1) is 12.2 Å². The molecule has 1 saturated heterocycles. The van der Waals surface area contributed by atoms with E-state index < -0.39 is 0 Å². The predicted octanol–water partition coefficient (Wildman–Crippen LogP) is 4.33. The van der Waals surface area contributed by atoms with Gasteiger partial charge in [-0.3, -0.25) is 4.99 Å². The minimum absolute atomic E-state index is 0.00718. The van der Waals surface area contributed by atoms with E-state index in [2.05, 4.69) is 52.0 Å². The lowest BCUT2D eigenvalue weighted by atomic mass is 9.74. The Morgan fingerprint density at radius 2 is 2.11 bits per heavy atom. The molecule has 0 spiro atoms. The fourth-order valence-corrected chi connectivity index (χ4v) is 4.54. The Morgan fingerprint density at radius 1 is 1.32 bits per heavy atom. The van der Waals surface area contributed by atoms with Crippen LogP contribution in [0.3, 0.4) is 0 Å². The highest BCUT2D eigenvalue weighted by Gasteiger charge is 2.34. The van der Waals surface area contributed by atoms with E-state index in [1.807, 2.05) is 12.1 Å². The van der Waals surface area contributed by atoms with Gasteiger partial charge in [0.15, 0.2) is 5.96 Å². The summed E-state index contributed by atoms with van der Waals surface area (Å²) in [7, 11) is 1.80. The van der Waals surface area contributed by atoms with Crippen LogP contribution in [-0.2, 0) is 16.7 Å². The number of guanidine groups is 1. The number of nitrogens with one attached hydrogen (secondary N) is 2. The molecule has 3 rings (SSSR count). The van der Waals surface area contributed by atoms with E-state index in [4.69, 9.17) is 16.3 Å². The summed E-state index contributed by atoms with van der Waals surface area (Å²) in [5.74, 6) is 1.24. The zero-order valence-electron chi connectivity index (χ0n) is 16.8. The maximum atomic E-state index is 6.26. The molecule has 1 aromatic heterocycles. The molecule has 28 heavy (non-hydrogen) atoms. The molecule has 2 aromatic rings. The number of hydrogen-bond donors (Lipinski definition) is 2. The van der Waals surface area contributed by atoms with Crippen molar-refractivity contribution in [2.45, 2.75) is 44.6 Å². The summed E-state index contributed by atoms with van der Waals surface area (Å²) in [6, 6.07) is 8.19. The molecular formula is C21H29ClN4OS. The molecule has 1 fully saturated rings. The monoisotopic (exact) mass is 420 g/mol. The molecule has 1 aromatic carbocycles. The number of nitrogens with zero attached hydrogens (tertiary/aromatic N) is 2. The average molecular weight is 421 g/mol. The van der Waals surface area contributed by atoms with Crippen LogP contribution in [0, 0.1) is 0 Å². The molecule has 1 aliphatic rings. The Hall–Kier alpha value is -1.63. The van der Waals surface area contributed by atoms with Crippen LogP contribution in [-0.4, -0.2) is 37.7 Å². The summed E-state index contributed by atoms with van der Waals surface area (Å²) < 4.78 is 5.62. The zero-order chi connectivity index (χ0) is 20.0. The van der Waals surface area contributed by atoms with Crippen LogP contribution >= 0.6 is 22.9 Å². The van der Waals surface area contributed by atoms with Crippen molar-refractivity contribution in [2.75, 3.05) is 26.8 Å². The van der Waals surface area contributed by atoms with Crippen LogP contribution in [0.15, 0.2) is 34.6 Å². The van der Waals surface area contributed by atoms with E-state index in [-0.39, 0.29) is 5.41 Å². The van der Waals surface area contributed by atoms with E-state index in [1.54, 1.807) is 18.4 Å². The van der Waals surface area contributed by atoms with E-state index in [9.17, 15) is 0 Å². The van der Waals surface area contributed by atoms with Gasteiger partial charge in [0.1, 0.15) is 5.01 Å². The summed E-state index contributed by atoms with van der Waals surface area (Å²) in [4.78, 5) is 9.06. The molecule has 2 heterocycles. The second kappa shape index (κ2) is 9.72. The molecule has 0 radical (unpaired) electrons. The average Bonchev–Trinajstić information content (AvgIpc) is 3.18. The summed E-state index contributed by atoms with van der Waals surface area (Å²) >= 11 is 7.95. The van der Waals surface area contributed by atoms with E-state index >= 15 is 0 Å². The number of benzene rings is 1. The second-order valence-electron chi connectivity index (χ2n) is 7.50. The first-order chi connectivity index (χ1) is 13.5. The van der Waals surface area contributed by atoms with Crippen molar-refractivity contribution in [1.82, 2.24) is 15.6 Å². The van der Waals surface area contributed by atoms with Crippen LogP contribution < -0.4 is 10.6 Å². The minimum atomic E-state index is -0.00718. The number of aromatic nitrogens is 1. The fourth-order valence-electron chi connectivity index (χ4n) is 3.45. The summed E-state index contributed by atoms with van der Waals surface area (Å²) in [5.41, 5.74) is 2.40. The molecule has 2 N–H and O–H groups in total. The third-order valence-electron chi connectivity index (χ3n) is 5.27. The molecule has 5 nitrogen and oxygen atoms in total. The highest BCUT2D eigenvalue weighted by atomic mass is 35.5. The van der Waals surface area contributed by atoms with E-state index in [1.165, 1.54) is 5.56 Å². The summed E-state index contributed by atoms with van der Waals surface area (Å²) in [6.45, 7) is 7.30. The molecule has 152 valence electrons. The number of aliphatic imine (C=N–C) groups is 1. The normalized spacial score (nSPS) is 17.0. The van der Waals surface area contributed by atoms with Crippen molar-refractivity contribution in [3.05, 3.63) is 50.9 Å². The number of halogens is 1. The van der Waals surface area contributed by atoms with Gasteiger partial charge in [-0.1, -0.05) is 37.6 Å².